The number of allylic oxidation sites excluding steroid dienone is 1. The van der Waals surface area contributed by atoms with Gasteiger partial charge in [0.15, 0.2) is 0 Å². The molecule has 288 valence electrons. The molecule has 0 aromatic heterocycles. The largest absolute Gasteiger partial charge is 0.461 e. The van der Waals surface area contributed by atoms with Gasteiger partial charge in [0.05, 0.1) is 6.54 Å². The monoisotopic (exact) mass is 742 g/mol. The molecule has 6 amide bonds. The van der Waals surface area contributed by atoms with E-state index in [1.165, 1.54) is 20.8 Å². The summed E-state index contributed by atoms with van der Waals surface area (Å²) in [5, 5.41) is 7.78. The van der Waals surface area contributed by atoms with E-state index < -0.39 is 89.9 Å². The van der Waals surface area contributed by atoms with Crippen molar-refractivity contribution in [2.24, 2.45) is 0 Å². The van der Waals surface area contributed by atoms with Crippen LogP contribution in [0.3, 0.4) is 0 Å². The number of fused-ring (bicyclic) bond motifs is 3. The first kappa shape index (κ1) is 39.3. The predicted molar refractivity (Wildman–Crippen MR) is 185 cm³/mol. The maximum atomic E-state index is 14.3. The SMILES string of the molecule is CCCCC=CC(=O)NC(Cc1cc(F)cc(F)c1)C(=O)N[C@H]1COC(=O)[C@@H]2CCCN2C(=O)CNC(=O)C2CCCCN2C(=O)[C@@H]2CCCN2C1=O. The van der Waals surface area contributed by atoms with Crippen molar-refractivity contribution in [2.75, 3.05) is 32.8 Å². The summed E-state index contributed by atoms with van der Waals surface area (Å²) in [6, 6.07) is -3.05. The number of nitrogens with zero attached hydrogens (tertiary/aromatic N) is 3. The fourth-order valence-electron chi connectivity index (χ4n) is 7.45. The normalized spacial score (nSPS) is 25.0. The zero-order valence-corrected chi connectivity index (χ0v) is 30.0. The van der Waals surface area contributed by atoms with E-state index in [0.29, 0.717) is 51.0 Å². The van der Waals surface area contributed by atoms with Crippen LogP contribution in [0.25, 0.3) is 0 Å². The second-order valence-corrected chi connectivity index (χ2v) is 14.0. The Morgan fingerprint density at radius 1 is 0.887 bits per heavy atom. The number of halogens is 2. The standard InChI is InChI=1S/C37H48F2N6O8/c1-2-3-4-5-13-31(46)41-26(19-23-17-24(38)20-25(39)18-23)33(48)42-27-22-53-37(52)30-12-9-15-43(30)32(47)21-40-34(49)28-10-6-7-14-44(28)36(51)29-11-8-16-45(29)35(27)50/h5,13,17-18,20,26-30H,2-4,6-12,14-16,19,21-22H2,1H3,(H,40,49)(H,41,46)(H,42,48)/t26?,27-,28?,29-,30-/m0/s1. The van der Waals surface area contributed by atoms with E-state index >= 15 is 0 Å². The van der Waals surface area contributed by atoms with Gasteiger partial charge in [0.1, 0.15) is 48.5 Å². The molecule has 0 bridgehead atoms. The van der Waals surface area contributed by atoms with Gasteiger partial charge in [0.25, 0.3) is 0 Å². The van der Waals surface area contributed by atoms with Crippen molar-refractivity contribution in [1.82, 2.24) is 30.7 Å². The molecule has 1 aromatic rings. The number of piperidine rings is 1. The van der Waals surface area contributed by atoms with Gasteiger partial charge in [-0.15, -0.1) is 0 Å². The summed E-state index contributed by atoms with van der Waals surface area (Å²) in [6.45, 7) is 1.64. The lowest BCUT2D eigenvalue weighted by atomic mass is 9.99. The molecule has 0 aliphatic carbocycles. The Kier molecular flexibility index (Phi) is 13.5. The fraction of sp³-hybridized carbons (Fsp3) is 0.595. The van der Waals surface area contributed by atoms with Crippen LogP contribution < -0.4 is 16.0 Å². The van der Waals surface area contributed by atoms with Crippen LogP contribution in [0.4, 0.5) is 8.78 Å². The lowest BCUT2D eigenvalue weighted by Crippen LogP contribution is -2.61. The summed E-state index contributed by atoms with van der Waals surface area (Å²) < 4.78 is 33.9. The Bertz CT molecular complexity index is 1590. The number of hydrogen-bond donors (Lipinski definition) is 3. The van der Waals surface area contributed by atoms with Gasteiger partial charge < -0.3 is 35.4 Å². The van der Waals surface area contributed by atoms with Crippen molar-refractivity contribution in [3.63, 3.8) is 0 Å². The molecule has 0 radical (unpaired) electrons. The number of unbranched alkanes of at least 4 members (excludes halogenated alkanes) is 2. The van der Waals surface area contributed by atoms with Gasteiger partial charge in [-0.1, -0.05) is 25.8 Å². The number of nitrogens with one attached hydrogen (secondary N) is 3. The Hall–Kier alpha value is -4.89. The summed E-state index contributed by atoms with van der Waals surface area (Å²) in [5.74, 6) is -6.31. The first-order valence-electron chi connectivity index (χ1n) is 18.5. The minimum absolute atomic E-state index is 0.0602. The zero-order valence-electron chi connectivity index (χ0n) is 30.0. The van der Waals surface area contributed by atoms with Crippen LogP contribution in [0, 0.1) is 11.6 Å². The smallest absolute Gasteiger partial charge is 0.328 e. The van der Waals surface area contributed by atoms with Gasteiger partial charge in [-0.2, -0.15) is 0 Å². The molecule has 4 fully saturated rings. The van der Waals surface area contributed by atoms with Crippen molar-refractivity contribution >= 4 is 41.4 Å². The van der Waals surface area contributed by atoms with Gasteiger partial charge in [0, 0.05) is 32.1 Å². The molecule has 5 atom stereocenters. The number of esters is 1. The lowest BCUT2D eigenvalue weighted by Gasteiger charge is -2.38. The lowest BCUT2D eigenvalue weighted by molar-refractivity contribution is -0.157. The molecule has 1 aromatic carbocycles. The molecular weight excluding hydrogens is 694 g/mol. The second-order valence-electron chi connectivity index (χ2n) is 14.0. The Labute approximate surface area is 307 Å². The van der Waals surface area contributed by atoms with Crippen LogP contribution in [-0.4, -0.2) is 119 Å². The number of carbonyl (C=O) groups is 7. The van der Waals surface area contributed by atoms with E-state index in [1.807, 2.05) is 6.92 Å². The van der Waals surface area contributed by atoms with E-state index in [1.54, 1.807) is 6.08 Å². The number of benzene rings is 1. The quantitative estimate of drug-likeness (QED) is 0.193. The molecule has 5 rings (SSSR count). The molecule has 16 heteroatoms. The van der Waals surface area contributed by atoms with Crippen LogP contribution >= 0.6 is 0 Å². The van der Waals surface area contributed by atoms with Crippen LogP contribution in [-0.2, 0) is 44.7 Å². The molecule has 53 heavy (non-hydrogen) atoms. The number of rotatable bonds is 9. The fourth-order valence-corrected chi connectivity index (χ4v) is 7.45. The molecule has 4 heterocycles. The minimum atomic E-state index is -1.54. The van der Waals surface area contributed by atoms with Gasteiger partial charge >= 0.3 is 5.97 Å². The van der Waals surface area contributed by atoms with E-state index in [2.05, 4.69) is 16.0 Å². The Morgan fingerprint density at radius 2 is 1.55 bits per heavy atom. The zero-order chi connectivity index (χ0) is 38.1. The summed E-state index contributed by atoms with van der Waals surface area (Å²) in [4.78, 5) is 99.2. The highest BCUT2D eigenvalue weighted by Gasteiger charge is 2.44. The Morgan fingerprint density at radius 3 is 2.28 bits per heavy atom. The van der Waals surface area contributed by atoms with Crippen LogP contribution in [0.1, 0.15) is 76.7 Å². The second kappa shape index (κ2) is 18.2. The average Bonchev–Trinajstić information content (AvgIpc) is 3.83. The molecular formula is C37H48F2N6O8. The third kappa shape index (κ3) is 9.96. The summed E-state index contributed by atoms with van der Waals surface area (Å²) in [6.07, 6.45) is 8.11. The van der Waals surface area contributed by atoms with E-state index in [9.17, 15) is 42.3 Å². The van der Waals surface area contributed by atoms with Gasteiger partial charge in [-0.3, -0.25) is 28.8 Å². The van der Waals surface area contributed by atoms with E-state index in [0.717, 1.165) is 25.0 Å². The summed E-state index contributed by atoms with van der Waals surface area (Å²) in [5.41, 5.74) is 0.0602. The third-order valence-corrected chi connectivity index (χ3v) is 10.2. The van der Waals surface area contributed by atoms with Crippen LogP contribution in [0.5, 0.6) is 0 Å². The maximum Gasteiger partial charge on any atom is 0.328 e. The van der Waals surface area contributed by atoms with Gasteiger partial charge in [-0.25, -0.2) is 13.6 Å². The van der Waals surface area contributed by atoms with Crippen molar-refractivity contribution in [3.05, 3.63) is 47.5 Å². The number of amides is 6. The van der Waals surface area contributed by atoms with Crippen molar-refractivity contribution < 1.29 is 47.1 Å². The van der Waals surface area contributed by atoms with E-state index in [4.69, 9.17) is 4.74 Å². The highest BCUT2D eigenvalue weighted by molar-refractivity contribution is 5.98. The number of hydrogen-bond acceptors (Lipinski definition) is 8. The first-order valence-corrected chi connectivity index (χ1v) is 18.5. The highest BCUT2D eigenvalue weighted by Crippen LogP contribution is 2.26. The average molecular weight is 743 g/mol. The molecule has 0 saturated carbocycles. The topological polar surface area (TPSA) is 175 Å². The molecule has 0 spiro atoms. The van der Waals surface area contributed by atoms with Crippen molar-refractivity contribution in [3.8, 4) is 0 Å². The minimum Gasteiger partial charge on any atom is -0.461 e. The predicted octanol–water partition coefficient (Wildman–Crippen LogP) is 1.26. The third-order valence-electron chi connectivity index (χ3n) is 10.2. The van der Waals surface area contributed by atoms with Crippen LogP contribution in [0.2, 0.25) is 0 Å². The molecule has 4 aliphatic heterocycles. The number of carbonyl (C=O) groups excluding carboxylic acids is 7. The van der Waals surface area contributed by atoms with Crippen LogP contribution in [0.15, 0.2) is 30.4 Å². The summed E-state index contributed by atoms with van der Waals surface area (Å²) in [7, 11) is 0. The van der Waals surface area contributed by atoms with Crippen molar-refractivity contribution in [1.29, 1.82) is 0 Å². The van der Waals surface area contributed by atoms with E-state index in [-0.39, 0.29) is 44.6 Å². The number of cyclic esters (lactones) is 1. The summed E-state index contributed by atoms with van der Waals surface area (Å²) >= 11 is 0. The number of ether oxygens (including phenoxy) is 1. The van der Waals surface area contributed by atoms with Gasteiger partial charge in [-0.05, 0) is 75.1 Å². The molecule has 4 saturated heterocycles. The molecule has 4 aliphatic rings. The maximum absolute atomic E-state index is 14.3. The van der Waals surface area contributed by atoms with Gasteiger partial charge in [0.2, 0.25) is 35.4 Å². The first-order chi connectivity index (χ1) is 25.5. The molecule has 14 nitrogen and oxygen atoms in total. The molecule has 2 unspecified atom stereocenters. The highest BCUT2D eigenvalue weighted by atomic mass is 19.1. The Balaban J connectivity index is 1.44. The van der Waals surface area contributed by atoms with Crippen molar-refractivity contribution in [2.45, 2.75) is 108 Å². The molecule has 3 N–H and O–H groups in total.